The van der Waals surface area contributed by atoms with Crippen molar-refractivity contribution in [2.24, 2.45) is 0 Å². The standard InChI is InChI=1S/C9H10O3.ClH/c1-2-9(11)12-8-5-3-4-7(10)6-8;/h3-6,10H,2H2,1H3;1H. The number of ether oxygens (including phenoxy) is 1. The molecule has 0 amide bonds. The van der Waals surface area contributed by atoms with E-state index in [-0.39, 0.29) is 24.1 Å². The Labute approximate surface area is 82.7 Å². The lowest BCUT2D eigenvalue weighted by Crippen LogP contribution is -2.04. The molecule has 4 heteroatoms. The third-order valence-corrected chi connectivity index (χ3v) is 1.34. The Morgan fingerprint density at radius 3 is 2.77 bits per heavy atom. The van der Waals surface area contributed by atoms with Gasteiger partial charge in [-0.2, -0.15) is 0 Å². The fraction of sp³-hybridized carbons (Fsp3) is 0.222. The molecule has 1 N–H and O–H groups in total. The summed E-state index contributed by atoms with van der Waals surface area (Å²) in [4.78, 5) is 10.8. The van der Waals surface area contributed by atoms with Crippen LogP contribution in [-0.4, -0.2) is 11.1 Å². The molecule has 0 unspecified atom stereocenters. The van der Waals surface area contributed by atoms with Crippen LogP contribution in [0.1, 0.15) is 13.3 Å². The summed E-state index contributed by atoms with van der Waals surface area (Å²) in [6.07, 6.45) is 0.329. The van der Waals surface area contributed by atoms with Gasteiger partial charge < -0.3 is 9.84 Å². The fourth-order valence-electron chi connectivity index (χ4n) is 0.751. The van der Waals surface area contributed by atoms with E-state index in [0.29, 0.717) is 12.2 Å². The average molecular weight is 203 g/mol. The van der Waals surface area contributed by atoms with Crippen LogP contribution in [0.3, 0.4) is 0 Å². The Morgan fingerprint density at radius 2 is 2.23 bits per heavy atom. The normalized spacial score (nSPS) is 8.69. The number of hydrogen-bond acceptors (Lipinski definition) is 3. The summed E-state index contributed by atoms with van der Waals surface area (Å²) in [6, 6.07) is 6.15. The van der Waals surface area contributed by atoms with E-state index < -0.39 is 0 Å². The summed E-state index contributed by atoms with van der Waals surface area (Å²) in [5, 5.41) is 9.01. The second-order valence-electron chi connectivity index (χ2n) is 2.32. The topological polar surface area (TPSA) is 46.5 Å². The molecule has 0 saturated carbocycles. The monoisotopic (exact) mass is 202 g/mol. The van der Waals surface area contributed by atoms with Gasteiger partial charge in [-0.05, 0) is 12.1 Å². The number of carbonyl (C=O) groups excluding carboxylic acids is 1. The predicted molar refractivity (Wildman–Crippen MR) is 51.3 cm³/mol. The van der Waals surface area contributed by atoms with Crippen LogP contribution >= 0.6 is 12.4 Å². The van der Waals surface area contributed by atoms with E-state index in [1.165, 1.54) is 12.1 Å². The molecule has 0 radical (unpaired) electrons. The fourth-order valence-corrected chi connectivity index (χ4v) is 0.751. The van der Waals surface area contributed by atoms with Crippen LogP contribution in [0.5, 0.6) is 11.5 Å². The van der Waals surface area contributed by atoms with E-state index in [4.69, 9.17) is 9.84 Å². The molecule has 72 valence electrons. The van der Waals surface area contributed by atoms with Crippen LogP contribution in [0.15, 0.2) is 24.3 Å². The Bertz CT molecular complexity index is 286. The molecule has 0 fully saturated rings. The molecular weight excluding hydrogens is 192 g/mol. The maximum absolute atomic E-state index is 10.8. The van der Waals surface area contributed by atoms with E-state index in [1.54, 1.807) is 19.1 Å². The summed E-state index contributed by atoms with van der Waals surface area (Å²) >= 11 is 0. The lowest BCUT2D eigenvalue weighted by Gasteiger charge is -2.01. The maximum atomic E-state index is 10.8. The number of halogens is 1. The molecule has 0 aliphatic carbocycles. The number of esters is 1. The summed E-state index contributed by atoms with van der Waals surface area (Å²) in [5.41, 5.74) is 0. The largest absolute Gasteiger partial charge is 0.508 e. The molecule has 0 atom stereocenters. The molecule has 3 nitrogen and oxygen atoms in total. The summed E-state index contributed by atoms with van der Waals surface area (Å²) < 4.78 is 4.85. The number of phenolic OH excluding ortho intramolecular Hbond substituents is 1. The minimum atomic E-state index is -0.305. The number of carbonyl (C=O) groups is 1. The van der Waals surface area contributed by atoms with Crippen LogP contribution < -0.4 is 4.74 Å². The molecule has 0 aliphatic rings. The number of hydrogen-bond donors (Lipinski definition) is 1. The van der Waals surface area contributed by atoms with E-state index in [0.717, 1.165) is 0 Å². The molecule has 0 heterocycles. The van der Waals surface area contributed by atoms with Gasteiger partial charge in [0.25, 0.3) is 0 Å². The smallest absolute Gasteiger partial charge is 0.310 e. The van der Waals surface area contributed by atoms with Crippen molar-refractivity contribution in [1.82, 2.24) is 0 Å². The first kappa shape index (κ1) is 11.8. The minimum absolute atomic E-state index is 0. The first-order valence-corrected chi connectivity index (χ1v) is 3.72. The van der Waals surface area contributed by atoms with Gasteiger partial charge >= 0.3 is 5.97 Å². The van der Waals surface area contributed by atoms with E-state index in [2.05, 4.69) is 0 Å². The SMILES string of the molecule is CCC(=O)Oc1cccc(O)c1.Cl. The quantitative estimate of drug-likeness (QED) is 0.590. The Balaban J connectivity index is 0.00000144. The van der Waals surface area contributed by atoms with Gasteiger partial charge in [0, 0.05) is 12.5 Å². The summed E-state index contributed by atoms with van der Waals surface area (Å²) in [6.45, 7) is 1.71. The van der Waals surface area contributed by atoms with Gasteiger partial charge in [-0.3, -0.25) is 4.79 Å². The third kappa shape index (κ3) is 3.80. The van der Waals surface area contributed by atoms with Crippen molar-refractivity contribution in [3.8, 4) is 11.5 Å². The molecule has 1 aromatic rings. The highest BCUT2D eigenvalue weighted by Crippen LogP contribution is 2.17. The Kier molecular flexibility index (Phi) is 4.92. The maximum Gasteiger partial charge on any atom is 0.310 e. The van der Waals surface area contributed by atoms with Crippen molar-refractivity contribution in [2.45, 2.75) is 13.3 Å². The molecule has 1 rings (SSSR count). The minimum Gasteiger partial charge on any atom is -0.508 e. The summed E-state index contributed by atoms with van der Waals surface area (Å²) in [7, 11) is 0. The molecule has 0 aromatic heterocycles. The van der Waals surface area contributed by atoms with Crippen molar-refractivity contribution in [3.63, 3.8) is 0 Å². The van der Waals surface area contributed by atoms with Gasteiger partial charge in [-0.25, -0.2) is 0 Å². The zero-order chi connectivity index (χ0) is 8.97. The molecule has 0 aliphatic heterocycles. The molecule has 0 spiro atoms. The molecule has 0 bridgehead atoms. The second kappa shape index (κ2) is 5.43. The molecule has 0 saturated heterocycles. The van der Waals surface area contributed by atoms with Crippen molar-refractivity contribution < 1.29 is 14.6 Å². The van der Waals surface area contributed by atoms with Gasteiger partial charge in [-0.15, -0.1) is 12.4 Å². The number of benzene rings is 1. The highest BCUT2D eigenvalue weighted by atomic mass is 35.5. The van der Waals surface area contributed by atoms with Gasteiger partial charge in [0.15, 0.2) is 0 Å². The lowest BCUT2D eigenvalue weighted by atomic mass is 10.3. The van der Waals surface area contributed by atoms with Gasteiger partial charge in [-0.1, -0.05) is 13.0 Å². The molecular formula is C9H11ClO3. The van der Waals surface area contributed by atoms with Crippen molar-refractivity contribution in [2.75, 3.05) is 0 Å². The highest BCUT2D eigenvalue weighted by Gasteiger charge is 2.00. The third-order valence-electron chi connectivity index (χ3n) is 1.34. The second-order valence-corrected chi connectivity index (χ2v) is 2.32. The van der Waals surface area contributed by atoms with Crippen LogP contribution in [0.25, 0.3) is 0 Å². The van der Waals surface area contributed by atoms with Gasteiger partial charge in [0.05, 0.1) is 0 Å². The zero-order valence-corrected chi connectivity index (χ0v) is 8.00. The number of aromatic hydroxyl groups is 1. The average Bonchev–Trinajstić information content (AvgIpc) is 2.04. The van der Waals surface area contributed by atoms with Crippen molar-refractivity contribution >= 4 is 18.4 Å². The Morgan fingerprint density at radius 1 is 1.54 bits per heavy atom. The van der Waals surface area contributed by atoms with Gasteiger partial charge in [0.1, 0.15) is 11.5 Å². The first-order chi connectivity index (χ1) is 5.72. The van der Waals surface area contributed by atoms with E-state index >= 15 is 0 Å². The molecule has 13 heavy (non-hydrogen) atoms. The van der Waals surface area contributed by atoms with E-state index in [9.17, 15) is 4.79 Å². The van der Waals surface area contributed by atoms with Crippen LogP contribution in [-0.2, 0) is 4.79 Å². The van der Waals surface area contributed by atoms with E-state index in [1.807, 2.05) is 0 Å². The van der Waals surface area contributed by atoms with Crippen LogP contribution in [0.4, 0.5) is 0 Å². The van der Waals surface area contributed by atoms with Crippen LogP contribution in [0, 0.1) is 0 Å². The number of rotatable bonds is 2. The molecule has 1 aromatic carbocycles. The van der Waals surface area contributed by atoms with Gasteiger partial charge in [0.2, 0.25) is 0 Å². The van der Waals surface area contributed by atoms with Crippen molar-refractivity contribution in [3.05, 3.63) is 24.3 Å². The van der Waals surface area contributed by atoms with Crippen LogP contribution in [0.2, 0.25) is 0 Å². The number of phenols is 1. The van der Waals surface area contributed by atoms with Crippen molar-refractivity contribution in [1.29, 1.82) is 0 Å². The summed E-state index contributed by atoms with van der Waals surface area (Å²) in [5.74, 6) is 0.166. The highest BCUT2D eigenvalue weighted by molar-refractivity contribution is 5.85. The Hall–Kier alpha value is -1.22. The predicted octanol–water partition coefficient (Wildman–Crippen LogP) is 2.13. The zero-order valence-electron chi connectivity index (χ0n) is 7.19. The lowest BCUT2D eigenvalue weighted by molar-refractivity contribution is -0.134. The first-order valence-electron chi connectivity index (χ1n) is 3.72.